The molecule has 8 atom stereocenters. The molecule has 10 nitrogen and oxygen atoms in total. The van der Waals surface area contributed by atoms with Crippen LogP contribution in [0.5, 0.6) is 0 Å². The fourth-order valence-electron chi connectivity index (χ4n) is 5.26. The van der Waals surface area contributed by atoms with Gasteiger partial charge in [-0.05, 0) is 32.1 Å². The van der Waals surface area contributed by atoms with Gasteiger partial charge < -0.3 is 44.5 Å². The second-order valence-electron chi connectivity index (χ2n) is 11.1. The number of hydrogen-bond acceptors (Lipinski definition) is 10. The van der Waals surface area contributed by atoms with Gasteiger partial charge in [0.2, 0.25) is 0 Å². The van der Waals surface area contributed by atoms with E-state index in [2.05, 4.69) is 19.1 Å². The average molecular weight is 575 g/mol. The summed E-state index contributed by atoms with van der Waals surface area (Å²) in [7, 11) is 0. The molecule has 10 heteroatoms. The summed E-state index contributed by atoms with van der Waals surface area (Å²) in [6, 6.07) is 0. The molecule has 0 aromatic rings. The number of carbonyl (C=O) groups is 1. The van der Waals surface area contributed by atoms with Gasteiger partial charge in [0.15, 0.2) is 6.10 Å². The number of rotatable bonds is 22. The third kappa shape index (κ3) is 12.4. The molecule has 2 rings (SSSR count). The maximum absolute atomic E-state index is 12.5. The monoisotopic (exact) mass is 574 g/mol. The maximum atomic E-state index is 12.5. The van der Waals surface area contributed by atoms with Gasteiger partial charge in [-0.15, -0.1) is 0 Å². The zero-order valence-corrected chi connectivity index (χ0v) is 24.3. The molecule has 0 aromatic carbocycles. The first-order chi connectivity index (χ1) is 19.4. The van der Waals surface area contributed by atoms with Crippen molar-refractivity contribution < 1.29 is 49.3 Å². The maximum Gasteiger partial charge on any atom is 0.306 e. The van der Waals surface area contributed by atoms with E-state index in [0.717, 1.165) is 32.1 Å². The molecule has 0 bridgehead atoms. The lowest BCUT2D eigenvalue weighted by Gasteiger charge is -2.32. The van der Waals surface area contributed by atoms with Crippen molar-refractivity contribution in [3.63, 3.8) is 0 Å². The van der Waals surface area contributed by atoms with Crippen LogP contribution in [0.25, 0.3) is 0 Å². The van der Waals surface area contributed by atoms with Crippen LogP contribution in [0, 0.1) is 0 Å². The third-order valence-corrected chi connectivity index (χ3v) is 7.71. The Kier molecular flexibility index (Phi) is 18.2. The second kappa shape index (κ2) is 20.7. The van der Waals surface area contributed by atoms with Crippen LogP contribution in [-0.2, 0) is 23.7 Å². The van der Waals surface area contributed by atoms with Crippen molar-refractivity contribution in [2.45, 2.75) is 146 Å². The molecule has 5 N–H and O–H groups in total. The largest absolute Gasteiger partial charge is 0.457 e. The van der Waals surface area contributed by atoms with Crippen LogP contribution in [0.15, 0.2) is 12.2 Å². The Bertz CT molecular complexity index is 689. The van der Waals surface area contributed by atoms with E-state index in [9.17, 15) is 30.3 Å². The van der Waals surface area contributed by atoms with E-state index in [-0.39, 0.29) is 19.6 Å². The highest BCUT2D eigenvalue weighted by molar-refractivity contribution is 5.69. The second-order valence-corrected chi connectivity index (χ2v) is 11.1. The summed E-state index contributed by atoms with van der Waals surface area (Å²) in [5.41, 5.74) is 0. The average Bonchev–Trinajstić information content (AvgIpc) is 3.48. The first-order valence-corrected chi connectivity index (χ1v) is 15.4. The summed E-state index contributed by atoms with van der Waals surface area (Å²) in [6.45, 7) is 0.955. The van der Waals surface area contributed by atoms with Crippen molar-refractivity contribution in [1.82, 2.24) is 0 Å². The lowest BCUT2D eigenvalue weighted by Crippen LogP contribution is -2.50. The number of esters is 1. The summed E-state index contributed by atoms with van der Waals surface area (Å²) < 4.78 is 22.2. The standard InChI is InChI=1S/C30H54O10/c1-2-3-4-5-6-7-8-9-10-11-12-13-14-15-16-17-26(35)40-28-23(34)21-38-30(28)25(19-32)39-24(18-31)29-27(36)22(33)20-37-29/h9-10,22-25,27-34,36H,2-8,11-21H2,1H3/t22-,23-,24+,25+,27+,28+,29+,30+/m0/s1. The molecule has 2 heterocycles. The Morgan fingerprint density at radius 2 is 1.30 bits per heavy atom. The Morgan fingerprint density at radius 3 is 1.88 bits per heavy atom. The zero-order chi connectivity index (χ0) is 29.2. The van der Waals surface area contributed by atoms with Gasteiger partial charge in [0.25, 0.3) is 0 Å². The van der Waals surface area contributed by atoms with Gasteiger partial charge in [-0.3, -0.25) is 4.79 Å². The molecular weight excluding hydrogens is 520 g/mol. The van der Waals surface area contributed by atoms with Crippen molar-refractivity contribution in [2.75, 3.05) is 26.4 Å². The van der Waals surface area contributed by atoms with Crippen LogP contribution in [0.4, 0.5) is 0 Å². The van der Waals surface area contributed by atoms with Gasteiger partial charge in [0.05, 0.1) is 26.4 Å². The van der Waals surface area contributed by atoms with E-state index >= 15 is 0 Å². The van der Waals surface area contributed by atoms with Crippen molar-refractivity contribution in [3.8, 4) is 0 Å². The molecule has 2 aliphatic heterocycles. The van der Waals surface area contributed by atoms with Crippen LogP contribution in [0.1, 0.15) is 96.8 Å². The molecule has 0 spiro atoms. The van der Waals surface area contributed by atoms with Crippen LogP contribution in [0.2, 0.25) is 0 Å². The molecule has 0 unspecified atom stereocenters. The molecule has 2 fully saturated rings. The predicted octanol–water partition coefficient (Wildman–Crippen LogP) is 2.55. The minimum atomic E-state index is -1.26. The lowest BCUT2D eigenvalue weighted by molar-refractivity contribution is -0.183. The highest BCUT2D eigenvalue weighted by Crippen LogP contribution is 2.27. The van der Waals surface area contributed by atoms with Crippen LogP contribution in [-0.4, -0.2) is 107 Å². The molecule has 0 aliphatic carbocycles. The minimum absolute atomic E-state index is 0.0963. The molecule has 0 saturated carbocycles. The number of unbranched alkanes of at least 4 members (excludes halogenated alkanes) is 11. The number of allylic oxidation sites excluding steroid dienone is 2. The summed E-state index contributed by atoms with van der Waals surface area (Å²) in [6.07, 6.45) is 11.4. The number of aliphatic hydroxyl groups is 5. The number of aliphatic hydroxyl groups excluding tert-OH is 5. The molecule has 0 radical (unpaired) electrons. The van der Waals surface area contributed by atoms with E-state index in [4.69, 9.17) is 18.9 Å². The summed E-state index contributed by atoms with van der Waals surface area (Å²) in [5.74, 6) is -0.453. The quantitative estimate of drug-likeness (QED) is 0.0740. The van der Waals surface area contributed by atoms with Gasteiger partial charge >= 0.3 is 5.97 Å². The number of hydrogen-bond donors (Lipinski definition) is 5. The third-order valence-electron chi connectivity index (χ3n) is 7.71. The molecule has 40 heavy (non-hydrogen) atoms. The smallest absolute Gasteiger partial charge is 0.306 e. The van der Waals surface area contributed by atoms with Crippen LogP contribution < -0.4 is 0 Å². The Hall–Kier alpha value is -1.11. The molecule has 2 saturated heterocycles. The van der Waals surface area contributed by atoms with Crippen molar-refractivity contribution >= 4 is 5.97 Å². The molecule has 0 amide bonds. The van der Waals surface area contributed by atoms with E-state index in [1.54, 1.807) is 0 Å². The fourth-order valence-corrected chi connectivity index (χ4v) is 5.26. The summed E-state index contributed by atoms with van der Waals surface area (Å²) in [5, 5.41) is 49.8. The van der Waals surface area contributed by atoms with Gasteiger partial charge in [0.1, 0.15) is 42.7 Å². The van der Waals surface area contributed by atoms with Gasteiger partial charge in [-0.25, -0.2) is 0 Å². The first-order valence-electron chi connectivity index (χ1n) is 15.4. The van der Waals surface area contributed by atoms with Crippen molar-refractivity contribution in [1.29, 1.82) is 0 Å². The number of ether oxygens (including phenoxy) is 4. The first kappa shape index (κ1) is 35.1. The molecule has 0 aromatic heterocycles. The van der Waals surface area contributed by atoms with Crippen molar-refractivity contribution in [2.24, 2.45) is 0 Å². The zero-order valence-electron chi connectivity index (χ0n) is 24.3. The summed E-state index contributed by atoms with van der Waals surface area (Å²) in [4.78, 5) is 12.5. The number of carbonyl (C=O) groups excluding carboxylic acids is 1. The minimum Gasteiger partial charge on any atom is -0.457 e. The van der Waals surface area contributed by atoms with Gasteiger partial charge in [-0.1, -0.05) is 70.4 Å². The Balaban J connectivity index is 1.62. The molecule has 234 valence electrons. The van der Waals surface area contributed by atoms with Gasteiger partial charge in [0, 0.05) is 6.42 Å². The summed E-state index contributed by atoms with van der Waals surface area (Å²) >= 11 is 0. The van der Waals surface area contributed by atoms with Crippen LogP contribution in [0.3, 0.4) is 0 Å². The van der Waals surface area contributed by atoms with E-state index in [1.165, 1.54) is 44.9 Å². The van der Waals surface area contributed by atoms with E-state index in [0.29, 0.717) is 6.42 Å². The van der Waals surface area contributed by atoms with E-state index in [1.807, 2.05) is 0 Å². The van der Waals surface area contributed by atoms with E-state index < -0.39 is 68.0 Å². The topological polar surface area (TPSA) is 155 Å². The fraction of sp³-hybridized carbons (Fsp3) is 0.900. The predicted molar refractivity (Wildman–Crippen MR) is 150 cm³/mol. The Morgan fingerprint density at radius 1 is 0.775 bits per heavy atom. The lowest BCUT2D eigenvalue weighted by atomic mass is 10.0. The normalized spacial score (nSPS) is 28.4. The molecule has 2 aliphatic rings. The van der Waals surface area contributed by atoms with Crippen molar-refractivity contribution in [3.05, 3.63) is 12.2 Å². The molecular formula is C30H54O10. The SMILES string of the molecule is CCCCCCCCC=CCCCCCCCC(=O)O[C@H]1[C@@H]([C@@H](CO)O[C@H](CO)[C@H]2OC[C@H](O)[C@H]2O)OC[C@@H]1O. The van der Waals surface area contributed by atoms with Gasteiger partial charge in [-0.2, -0.15) is 0 Å². The highest BCUT2D eigenvalue weighted by atomic mass is 16.6. The van der Waals surface area contributed by atoms with Crippen LogP contribution >= 0.6 is 0 Å². The highest BCUT2D eigenvalue weighted by Gasteiger charge is 2.47. The Labute approximate surface area is 239 Å².